The molecule has 0 radical (unpaired) electrons. The van der Waals surface area contributed by atoms with Gasteiger partial charge in [0.05, 0.1) is 12.8 Å². The Balaban J connectivity index is 1.57. The van der Waals surface area contributed by atoms with Crippen LogP contribution in [0.15, 0.2) is 16.5 Å². The minimum atomic E-state index is 0.186. The third-order valence-electron chi connectivity index (χ3n) is 5.03. The first-order valence-electron chi connectivity index (χ1n) is 8.95. The van der Waals surface area contributed by atoms with Crippen molar-refractivity contribution in [3.8, 4) is 28.7 Å². The van der Waals surface area contributed by atoms with E-state index in [1.807, 2.05) is 19.1 Å². The van der Waals surface area contributed by atoms with E-state index in [1.165, 1.54) is 0 Å². The van der Waals surface area contributed by atoms with E-state index in [0.717, 1.165) is 49.5 Å². The maximum Gasteiger partial charge on any atom is 0.231 e. The Morgan fingerprint density at radius 3 is 3.04 bits per heavy atom. The zero-order valence-corrected chi connectivity index (χ0v) is 15.2. The van der Waals surface area contributed by atoms with E-state index in [0.29, 0.717) is 29.1 Å². The lowest BCUT2D eigenvalue weighted by molar-refractivity contribution is 0.115. The number of hydrogen-bond donors (Lipinski definition) is 1. The van der Waals surface area contributed by atoms with Gasteiger partial charge < -0.3 is 23.7 Å². The molecule has 0 saturated carbocycles. The number of piperidine rings is 1. The van der Waals surface area contributed by atoms with Gasteiger partial charge in [-0.1, -0.05) is 0 Å². The lowest BCUT2D eigenvalue weighted by atomic mass is 9.99. The molecule has 0 bridgehead atoms. The average Bonchev–Trinajstić information content (AvgIpc) is 3.28. The molecule has 1 aromatic carbocycles. The van der Waals surface area contributed by atoms with E-state index in [9.17, 15) is 5.11 Å². The summed E-state index contributed by atoms with van der Waals surface area (Å²) in [5, 5.41) is 9.41. The van der Waals surface area contributed by atoms with Gasteiger partial charge in [0, 0.05) is 25.3 Å². The third-order valence-corrected chi connectivity index (χ3v) is 5.03. The molecule has 2 aliphatic heterocycles. The molecular formula is C19H24N2O5. The van der Waals surface area contributed by atoms with Crippen molar-refractivity contribution in [3.63, 3.8) is 0 Å². The fourth-order valence-electron chi connectivity index (χ4n) is 3.61. The number of rotatable bonds is 5. The van der Waals surface area contributed by atoms with E-state index >= 15 is 0 Å². The van der Waals surface area contributed by atoms with Gasteiger partial charge >= 0.3 is 0 Å². The normalized spacial score (nSPS) is 19.7. The number of likely N-dealkylation sites (tertiary alicyclic amines) is 1. The van der Waals surface area contributed by atoms with Gasteiger partial charge in [-0.3, -0.25) is 4.90 Å². The van der Waals surface area contributed by atoms with Crippen molar-refractivity contribution in [3.05, 3.63) is 23.6 Å². The zero-order chi connectivity index (χ0) is 18.1. The van der Waals surface area contributed by atoms with Crippen LogP contribution in [0, 0.1) is 12.8 Å². The number of fused-ring (bicyclic) bond motifs is 1. The molecule has 26 heavy (non-hydrogen) atoms. The highest BCUT2D eigenvalue weighted by Gasteiger charge is 2.24. The van der Waals surface area contributed by atoms with Crippen molar-refractivity contribution in [2.45, 2.75) is 26.3 Å². The highest BCUT2D eigenvalue weighted by molar-refractivity contribution is 5.66. The Hall–Kier alpha value is -2.25. The number of aryl methyl sites for hydroxylation is 1. The van der Waals surface area contributed by atoms with E-state index < -0.39 is 0 Å². The highest BCUT2D eigenvalue weighted by atomic mass is 16.7. The zero-order valence-electron chi connectivity index (χ0n) is 15.2. The first-order chi connectivity index (χ1) is 12.7. The molecule has 1 saturated heterocycles. The lowest BCUT2D eigenvalue weighted by Crippen LogP contribution is -2.36. The number of aliphatic hydroxyl groups excluding tert-OH is 1. The van der Waals surface area contributed by atoms with Gasteiger partial charge in [-0.25, -0.2) is 4.98 Å². The number of aromatic nitrogens is 1. The average molecular weight is 360 g/mol. The Labute approximate surface area is 152 Å². The van der Waals surface area contributed by atoms with Crippen LogP contribution in [0.2, 0.25) is 0 Å². The second-order valence-electron chi connectivity index (χ2n) is 6.86. The molecule has 1 fully saturated rings. The highest BCUT2D eigenvalue weighted by Crippen LogP contribution is 2.44. The number of methoxy groups -OCH3 is 1. The van der Waals surface area contributed by atoms with Crippen LogP contribution in [-0.4, -0.2) is 48.6 Å². The SMILES string of the molecule is COc1cc(-c2nc(CN3CCCC(CO)C3)c(C)o2)cc2c1OCO2. The number of aliphatic hydroxyl groups is 1. The Kier molecular flexibility index (Phi) is 4.74. The van der Waals surface area contributed by atoms with Gasteiger partial charge in [-0.15, -0.1) is 0 Å². The summed E-state index contributed by atoms with van der Waals surface area (Å²) in [6.07, 6.45) is 2.20. The molecule has 2 aromatic rings. The van der Waals surface area contributed by atoms with Crippen LogP contribution in [0.4, 0.5) is 0 Å². The fraction of sp³-hybridized carbons (Fsp3) is 0.526. The standard InChI is InChI=1S/C19H24N2O5/c1-12-15(9-21-5-3-4-13(8-21)10-22)20-19(26-12)14-6-16(23-2)18-17(7-14)24-11-25-18/h6-7,13,22H,3-5,8-11H2,1-2H3. The van der Waals surface area contributed by atoms with E-state index in [-0.39, 0.29) is 13.4 Å². The summed E-state index contributed by atoms with van der Waals surface area (Å²) in [5.41, 5.74) is 1.72. The number of nitrogens with zero attached hydrogens (tertiary/aromatic N) is 2. The summed E-state index contributed by atoms with van der Waals surface area (Å²) in [5.74, 6) is 3.57. The maximum atomic E-state index is 9.41. The quantitative estimate of drug-likeness (QED) is 0.878. The summed E-state index contributed by atoms with van der Waals surface area (Å²) in [4.78, 5) is 7.04. The van der Waals surface area contributed by atoms with Crippen LogP contribution in [-0.2, 0) is 6.54 Å². The predicted molar refractivity (Wildman–Crippen MR) is 94.4 cm³/mol. The van der Waals surface area contributed by atoms with Gasteiger partial charge in [0.1, 0.15) is 5.76 Å². The Bertz CT molecular complexity index is 788. The first-order valence-corrected chi connectivity index (χ1v) is 8.95. The smallest absolute Gasteiger partial charge is 0.231 e. The monoisotopic (exact) mass is 360 g/mol. The van der Waals surface area contributed by atoms with Crippen LogP contribution < -0.4 is 14.2 Å². The lowest BCUT2D eigenvalue weighted by Gasteiger charge is -2.31. The van der Waals surface area contributed by atoms with Gasteiger partial charge in [0.15, 0.2) is 11.5 Å². The molecule has 7 nitrogen and oxygen atoms in total. The van der Waals surface area contributed by atoms with Crippen molar-refractivity contribution in [2.75, 3.05) is 33.6 Å². The number of oxazole rings is 1. The second-order valence-corrected chi connectivity index (χ2v) is 6.86. The van der Waals surface area contributed by atoms with Crippen LogP contribution in [0.5, 0.6) is 17.2 Å². The fourth-order valence-corrected chi connectivity index (χ4v) is 3.61. The van der Waals surface area contributed by atoms with E-state index in [4.69, 9.17) is 23.6 Å². The Morgan fingerprint density at radius 2 is 2.23 bits per heavy atom. The molecule has 0 aliphatic carbocycles. The van der Waals surface area contributed by atoms with E-state index in [1.54, 1.807) is 7.11 Å². The van der Waals surface area contributed by atoms with Crippen molar-refractivity contribution in [1.82, 2.24) is 9.88 Å². The largest absolute Gasteiger partial charge is 0.493 e. The second kappa shape index (κ2) is 7.17. The summed E-state index contributed by atoms with van der Waals surface area (Å²) in [7, 11) is 1.60. The van der Waals surface area contributed by atoms with Crippen molar-refractivity contribution >= 4 is 0 Å². The molecule has 1 N–H and O–H groups in total. The predicted octanol–water partition coefficient (Wildman–Crippen LogP) is 2.59. The van der Waals surface area contributed by atoms with E-state index in [2.05, 4.69) is 4.90 Å². The van der Waals surface area contributed by atoms with Crippen LogP contribution in [0.1, 0.15) is 24.3 Å². The molecule has 1 atom stereocenters. The summed E-state index contributed by atoms with van der Waals surface area (Å²) < 4.78 is 22.2. The minimum absolute atomic E-state index is 0.186. The molecule has 1 unspecified atom stereocenters. The molecule has 0 spiro atoms. The van der Waals surface area contributed by atoms with Gasteiger partial charge in [0.2, 0.25) is 18.4 Å². The van der Waals surface area contributed by atoms with Gasteiger partial charge in [-0.2, -0.15) is 0 Å². The summed E-state index contributed by atoms with van der Waals surface area (Å²) >= 11 is 0. The molecule has 2 aliphatic rings. The van der Waals surface area contributed by atoms with Crippen LogP contribution >= 0.6 is 0 Å². The Morgan fingerprint density at radius 1 is 1.35 bits per heavy atom. The van der Waals surface area contributed by atoms with Gasteiger partial charge in [0.25, 0.3) is 0 Å². The number of benzene rings is 1. The molecule has 4 rings (SSSR count). The molecule has 3 heterocycles. The summed E-state index contributed by atoms with van der Waals surface area (Å²) in [6, 6.07) is 3.72. The van der Waals surface area contributed by atoms with Gasteiger partial charge in [-0.05, 0) is 44.4 Å². The molecule has 1 aromatic heterocycles. The third kappa shape index (κ3) is 3.24. The maximum absolute atomic E-state index is 9.41. The molecule has 0 amide bonds. The van der Waals surface area contributed by atoms with Crippen molar-refractivity contribution in [1.29, 1.82) is 0 Å². The topological polar surface area (TPSA) is 77.2 Å². The van der Waals surface area contributed by atoms with Crippen LogP contribution in [0.3, 0.4) is 0 Å². The van der Waals surface area contributed by atoms with Crippen LogP contribution in [0.25, 0.3) is 11.5 Å². The summed E-state index contributed by atoms with van der Waals surface area (Å²) in [6.45, 7) is 5.02. The van der Waals surface area contributed by atoms with Crippen molar-refractivity contribution in [2.24, 2.45) is 5.92 Å². The number of hydrogen-bond acceptors (Lipinski definition) is 7. The first kappa shape index (κ1) is 17.2. The van der Waals surface area contributed by atoms with Crippen molar-refractivity contribution < 1.29 is 23.7 Å². The number of ether oxygens (including phenoxy) is 3. The minimum Gasteiger partial charge on any atom is -0.493 e. The molecular weight excluding hydrogens is 336 g/mol. The molecule has 7 heteroatoms. The molecule has 140 valence electrons.